The second-order valence-electron chi connectivity index (χ2n) is 2.97. The first-order valence-corrected chi connectivity index (χ1v) is 5.94. The number of benzene rings is 2. The molecule has 0 aliphatic carbocycles. The second-order valence-corrected chi connectivity index (χ2v) is 4.80. The largest absolute Gasteiger partial charge is 0.401 e. The van der Waals surface area contributed by atoms with Gasteiger partial charge >= 0.3 is 0 Å². The van der Waals surface area contributed by atoms with E-state index in [-0.39, 0.29) is 32.7 Å². The first kappa shape index (κ1) is 14.4. The van der Waals surface area contributed by atoms with Crippen LogP contribution < -0.4 is 5.32 Å². The predicted molar refractivity (Wildman–Crippen MR) is 69.2 cm³/mol. The van der Waals surface area contributed by atoms with Gasteiger partial charge in [0.15, 0.2) is 0 Å². The van der Waals surface area contributed by atoms with Crippen molar-refractivity contribution in [2.75, 3.05) is 5.32 Å². The van der Waals surface area contributed by atoms with Gasteiger partial charge in [-0.05, 0) is 0 Å². The van der Waals surface area contributed by atoms with Crippen LogP contribution in [-0.4, -0.2) is 0 Å². The molecule has 0 aliphatic rings. The van der Waals surface area contributed by atoms with E-state index in [0.717, 1.165) is 20.3 Å². The van der Waals surface area contributed by atoms with Crippen molar-refractivity contribution in [2.24, 2.45) is 0 Å². The third-order valence-electron chi connectivity index (χ3n) is 1.82. The van der Waals surface area contributed by atoms with Crippen molar-refractivity contribution in [3.05, 3.63) is 57.5 Å². The normalized spacial score (nSPS) is 9.38. The Morgan fingerprint density at radius 2 is 1.25 bits per heavy atom. The van der Waals surface area contributed by atoms with Crippen LogP contribution in [0.5, 0.6) is 0 Å². The van der Waals surface area contributed by atoms with Crippen LogP contribution >= 0.6 is 31.9 Å². The van der Waals surface area contributed by atoms with Gasteiger partial charge in [-0.25, -0.2) is 0 Å². The van der Waals surface area contributed by atoms with Crippen molar-refractivity contribution >= 4 is 43.2 Å². The molecule has 0 saturated carbocycles. The minimum atomic E-state index is 0. The van der Waals surface area contributed by atoms with Gasteiger partial charge in [0, 0.05) is 32.7 Å². The first-order chi connectivity index (χ1) is 7.24. The van der Waals surface area contributed by atoms with Gasteiger partial charge in [0.2, 0.25) is 0 Å². The van der Waals surface area contributed by atoms with Gasteiger partial charge in [0.05, 0.1) is 0 Å². The Labute approximate surface area is 137 Å². The number of hydrogen-bond acceptors (Lipinski definition) is 1. The summed E-state index contributed by atoms with van der Waals surface area (Å²) in [5.41, 5.74) is 1.86. The van der Waals surface area contributed by atoms with E-state index in [2.05, 4.69) is 49.3 Å². The fraction of sp³-hybridized carbons (Fsp3) is 0. The third-order valence-corrected chi connectivity index (χ3v) is 2.81. The van der Waals surface area contributed by atoms with Gasteiger partial charge < -0.3 is 5.32 Å². The molecule has 16 heavy (non-hydrogen) atoms. The van der Waals surface area contributed by atoms with Crippen molar-refractivity contribution in [1.29, 1.82) is 0 Å². The molecule has 1 radical (unpaired) electrons. The summed E-state index contributed by atoms with van der Waals surface area (Å²) in [5.74, 6) is 0. The zero-order valence-corrected chi connectivity index (χ0v) is 14.3. The number of halogens is 2. The Hall–Kier alpha value is 0.304. The Morgan fingerprint density at radius 1 is 0.812 bits per heavy atom. The molecule has 4 heteroatoms. The predicted octanol–water partition coefficient (Wildman–Crippen LogP) is 4.55. The molecular weight excluding hydrogens is 407 g/mol. The number of rotatable bonds is 2. The smallest absolute Gasteiger partial charge is 0 e. The summed E-state index contributed by atoms with van der Waals surface area (Å²) < 4.78 is 2.04. The average Bonchev–Trinajstić information content (AvgIpc) is 2.25. The van der Waals surface area contributed by atoms with E-state index in [4.69, 9.17) is 0 Å². The van der Waals surface area contributed by atoms with Crippen LogP contribution in [-0.2, 0) is 32.7 Å². The van der Waals surface area contributed by atoms with Gasteiger partial charge in [-0.2, -0.15) is 36.4 Å². The molecule has 1 N–H and O–H groups in total. The van der Waals surface area contributed by atoms with Crippen LogP contribution in [0.2, 0.25) is 0 Å². The summed E-state index contributed by atoms with van der Waals surface area (Å²) in [6.07, 6.45) is 0. The van der Waals surface area contributed by atoms with E-state index >= 15 is 0 Å². The zero-order valence-electron chi connectivity index (χ0n) is 8.30. The molecule has 0 spiro atoms. The van der Waals surface area contributed by atoms with Gasteiger partial charge in [0.25, 0.3) is 0 Å². The molecule has 0 saturated heterocycles. The topological polar surface area (TPSA) is 12.0 Å². The molecule has 0 unspecified atom stereocenters. The second kappa shape index (κ2) is 6.90. The minimum Gasteiger partial charge on any atom is -0.401 e. The van der Waals surface area contributed by atoms with Crippen LogP contribution in [0.4, 0.5) is 11.4 Å². The molecule has 2 aromatic carbocycles. The Balaban J connectivity index is 0.00000128. The minimum absolute atomic E-state index is 0. The molecule has 0 aliphatic heterocycles. The van der Waals surface area contributed by atoms with Gasteiger partial charge in [-0.15, -0.1) is 44.0 Å². The fourth-order valence-electron chi connectivity index (χ4n) is 1.11. The molecule has 0 amide bonds. The third kappa shape index (κ3) is 4.29. The summed E-state index contributed by atoms with van der Waals surface area (Å²) in [6, 6.07) is 17.8. The monoisotopic (exact) mass is 412 g/mol. The zero-order chi connectivity index (χ0) is 10.7. The number of nitrogens with one attached hydrogen (secondary N) is 1. The molecule has 0 fully saturated rings. The fourth-order valence-corrected chi connectivity index (χ4v) is 1.61. The van der Waals surface area contributed by atoms with Crippen molar-refractivity contribution < 1.29 is 32.7 Å². The molecule has 0 aromatic heterocycles. The maximum absolute atomic E-state index is 3.37. The van der Waals surface area contributed by atoms with Crippen LogP contribution in [0.3, 0.4) is 0 Å². The standard InChI is InChI=1S/C12H7Br2N.Y/c13-9-1-5-11(6-2-9)15-12-7-3-10(14)4-8-12;/h1-5,7,15H;/q-2;. The summed E-state index contributed by atoms with van der Waals surface area (Å²) in [4.78, 5) is 0. The summed E-state index contributed by atoms with van der Waals surface area (Å²) in [6.45, 7) is 0. The Bertz CT molecular complexity index is 396. The Morgan fingerprint density at radius 3 is 1.56 bits per heavy atom. The SMILES string of the molecule is Brc1c[c-]c(Nc2[c-]cc(Br)cc2)cc1.[Y]. The van der Waals surface area contributed by atoms with Crippen LogP contribution in [0.25, 0.3) is 0 Å². The van der Waals surface area contributed by atoms with E-state index < -0.39 is 0 Å². The van der Waals surface area contributed by atoms with E-state index in [1.807, 2.05) is 36.4 Å². The van der Waals surface area contributed by atoms with E-state index in [1.165, 1.54) is 0 Å². The molecule has 1 nitrogen and oxygen atoms in total. The van der Waals surface area contributed by atoms with E-state index in [0.29, 0.717) is 0 Å². The maximum atomic E-state index is 3.37. The van der Waals surface area contributed by atoms with Crippen LogP contribution in [0.15, 0.2) is 45.3 Å². The van der Waals surface area contributed by atoms with E-state index in [1.54, 1.807) is 0 Å². The maximum Gasteiger partial charge on any atom is 0 e. The molecule has 0 heterocycles. The van der Waals surface area contributed by atoms with E-state index in [9.17, 15) is 0 Å². The molecule has 0 atom stereocenters. The first-order valence-electron chi connectivity index (χ1n) is 4.35. The quantitative estimate of drug-likeness (QED) is 0.712. The molecular formula is C12H7Br2NY-2. The number of anilines is 2. The van der Waals surface area contributed by atoms with Crippen molar-refractivity contribution in [1.82, 2.24) is 0 Å². The van der Waals surface area contributed by atoms with Crippen molar-refractivity contribution in [3.8, 4) is 0 Å². The van der Waals surface area contributed by atoms with Gasteiger partial charge in [-0.3, -0.25) is 0 Å². The van der Waals surface area contributed by atoms with Crippen LogP contribution in [0, 0.1) is 12.1 Å². The Kier molecular flexibility index (Phi) is 6.19. The summed E-state index contributed by atoms with van der Waals surface area (Å²) >= 11 is 6.73. The average molecular weight is 414 g/mol. The van der Waals surface area contributed by atoms with Gasteiger partial charge in [-0.1, -0.05) is 20.3 Å². The van der Waals surface area contributed by atoms with Gasteiger partial charge in [0.1, 0.15) is 0 Å². The molecule has 79 valence electrons. The molecule has 2 rings (SSSR count). The van der Waals surface area contributed by atoms with Crippen molar-refractivity contribution in [2.45, 2.75) is 0 Å². The summed E-state index contributed by atoms with van der Waals surface area (Å²) in [5, 5.41) is 3.21. The summed E-state index contributed by atoms with van der Waals surface area (Å²) in [7, 11) is 0. The number of hydrogen-bond donors (Lipinski definition) is 1. The molecule has 2 aromatic rings. The van der Waals surface area contributed by atoms with Crippen LogP contribution in [0.1, 0.15) is 0 Å². The van der Waals surface area contributed by atoms with Crippen molar-refractivity contribution in [3.63, 3.8) is 0 Å². The molecule has 0 bridgehead atoms.